The fraction of sp³-hybridized carbons (Fsp3) is 0.143. The standard InChI is InChI=1S/C7H6BF3NO2/c1-14-7(13)5-2-3-6(12-4-5)8(9,10)11/h2-4H,1H3/q-1. The third kappa shape index (κ3) is 2.24. The van der Waals surface area contributed by atoms with Crippen molar-refractivity contribution in [3.05, 3.63) is 23.9 Å². The van der Waals surface area contributed by atoms with E-state index >= 15 is 0 Å². The second-order valence-corrected chi connectivity index (χ2v) is 2.54. The minimum Gasteiger partial charge on any atom is -0.465 e. The molecule has 1 heterocycles. The first-order valence-electron chi connectivity index (χ1n) is 3.69. The molecule has 0 aliphatic heterocycles. The maximum Gasteiger partial charge on any atom is 0.527 e. The van der Waals surface area contributed by atoms with Gasteiger partial charge in [-0.05, 0) is 11.7 Å². The molecule has 0 aliphatic rings. The Bertz CT molecular complexity index is 336. The van der Waals surface area contributed by atoms with E-state index in [2.05, 4.69) is 9.72 Å². The van der Waals surface area contributed by atoms with E-state index in [1.165, 1.54) is 0 Å². The Balaban J connectivity index is 2.95. The van der Waals surface area contributed by atoms with E-state index in [1.807, 2.05) is 0 Å². The van der Waals surface area contributed by atoms with Crippen LogP contribution in [-0.2, 0) is 4.74 Å². The molecule has 0 radical (unpaired) electrons. The van der Waals surface area contributed by atoms with Gasteiger partial charge >= 0.3 is 12.9 Å². The van der Waals surface area contributed by atoms with E-state index in [0.29, 0.717) is 0 Å². The highest BCUT2D eigenvalue weighted by Crippen LogP contribution is 2.07. The number of aromatic nitrogens is 1. The van der Waals surface area contributed by atoms with Crippen LogP contribution in [0.2, 0.25) is 0 Å². The van der Waals surface area contributed by atoms with Crippen molar-refractivity contribution in [2.75, 3.05) is 7.11 Å². The maximum atomic E-state index is 12.1. The lowest BCUT2D eigenvalue weighted by atomic mass is 9.85. The number of pyridine rings is 1. The van der Waals surface area contributed by atoms with Crippen LogP contribution in [0.1, 0.15) is 10.4 Å². The molecule has 0 bridgehead atoms. The van der Waals surface area contributed by atoms with E-state index in [0.717, 1.165) is 25.4 Å². The number of esters is 1. The molecule has 14 heavy (non-hydrogen) atoms. The molecule has 0 atom stereocenters. The van der Waals surface area contributed by atoms with Crippen molar-refractivity contribution in [2.24, 2.45) is 0 Å². The van der Waals surface area contributed by atoms with Crippen LogP contribution in [0.25, 0.3) is 0 Å². The van der Waals surface area contributed by atoms with Gasteiger partial charge in [0.2, 0.25) is 0 Å². The quantitative estimate of drug-likeness (QED) is 0.531. The van der Waals surface area contributed by atoms with Gasteiger partial charge in [-0.1, -0.05) is 6.07 Å². The molecule has 0 N–H and O–H groups in total. The van der Waals surface area contributed by atoms with Gasteiger partial charge in [0.15, 0.2) is 0 Å². The molecule has 3 nitrogen and oxygen atoms in total. The van der Waals surface area contributed by atoms with Crippen molar-refractivity contribution in [1.29, 1.82) is 0 Å². The van der Waals surface area contributed by atoms with Gasteiger partial charge < -0.3 is 17.7 Å². The van der Waals surface area contributed by atoms with Crippen molar-refractivity contribution in [1.82, 2.24) is 4.98 Å². The third-order valence-electron chi connectivity index (χ3n) is 1.54. The zero-order valence-electron chi connectivity index (χ0n) is 7.21. The summed E-state index contributed by atoms with van der Waals surface area (Å²) in [5, 5.41) is 0. The highest BCUT2D eigenvalue weighted by molar-refractivity contribution is 6.72. The molecule has 76 valence electrons. The van der Waals surface area contributed by atoms with Gasteiger partial charge in [-0.3, -0.25) is 4.98 Å². The van der Waals surface area contributed by atoms with Crippen LogP contribution in [0.5, 0.6) is 0 Å². The summed E-state index contributed by atoms with van der Waals surface area (Å²) < 4.78 is 40.6. The molecule has 0 fully saturated rings. The fourth-order valence-corrected chi connectivity index (χ4v) is 0.838. The van der Waals surface area contributed by atoms with E-state index < -0.39 is 18.5 Å². The molecule has 1 aromatic rings. The lowest BCUT2D eigenvalue weighted by Gasteiger charge is -2.12. The molecule has 0 saturated carbocycles. The molecule has 1 rings (SSSR count). The molecule has 0 unspecified atom stereocenters. The Morgan fingerprint density at radius 1 is 1.43 bits per heavy atom. The van der Waals surface area contributed by atoms with Gasteiger partial charge in [-0.2, -0.15) is 0 Å². The zero-order valence-corrected chi connectivity index (χ0v) is 7.21. The summed E-state index contributed by atoms with van der Waals surface area (Å²) in [6.45, 7) is -5.11. The smallest absolute Gasteiger partial charge is 0.465 e. The minimum absolute atomic E-state index is 0.00343. The highest BCUT2D eigenvalue weighted by Gasteiger charge is 2.27. The van der Waals surface area contributed by atoms with Gasteiger partial charge in [0.25, 0.3) is 0 Å². The highest BCUT2D eigenvalue weighted by atomic mass is 19.4. The Morgan fingerprint density at radius 2 is 2.07 bits per heavy atom. The number of ether oxygens (including phenoxy) is 1. The Hall–Kier alpha value is -1.53. The summed E-state index contributed by atoms with van der Waals surface area (Å²) >= 11 is 0. The van der Waals surface area contributed by atoms with Gasteiger partial charge in [0.1, 0.15) is 0 Å². The van der Waals surface area contributed by atoms with Crippen LogP contribution in [0.15, 0.2) is 18.3 Å². The van der Waals surface area contributed by atoms with Crippen molar-refractivity contribution in [3.63, 3.8) is 0 Å². The molecular weight excluding hydrogens is 198 g/mol. The molecule has 0 saturated heterocycles. The first kappa shape index (κ1) is 10.6. The number of methoxy groups -OCH3 is 1. The molecule has 0 spiro atoms. The predicted octanol–water partition coefficient (Wildman–Crippen LogP) is 0.923. The van der Waals surface area contributed by atoms with Crippen LogP contribution < -0.4 is 5.59 Å². The summed E-state index contributed by atoms with van der Waals surface area (Å²) in [5.74, 6) is -0.710. The molecule has 0 amide bonds. The Kier molecular flexibility index (Phi) is 2.78. The zero-order chi connectivity index (χ0) is 10.8. The summed E-state index contributed by atoms with van der Waals surface area (Å²) in [6, 6.07) is 1.79. The maximum absolute atomic E-state index is 12.1. The number of nitrogens with zero attached hydrogens (tertiary/aromatic N) is 1. The molecule has 0 aromatic carbocycles. The van der Waals surface area contributed by atoms with E-state index in [-0.39, 0.29) is 5.56 Å². The second kappa shape index (κ2) is 3.69. The topological polar surface area (TPSA) is 39.2 Å². The second-order valence-electron chi connectivity index (χ2n) is 2.54. The van der Waals surface area contributed by atoms with Crippen molar-refractivity contribution in [2.45, 2.75) is 0 Å². The van der Waals surface area contributed by atoms with Gasteiger partial charge in [-0.25, -0.2) is 4.79 Å². The van der Waals surface area contributed by atoms with Crippen molar-refractivity contribution in [3.8, 4) is 0 Å². The fourth-order valence-electron chi connectivity index (χ4n) is 0.838. The predicted molar refractivity (Wildman–Crippen MR) is 44.3 cm³/mol. The van der Waals surface area contributed by atoms with E-state index in [1.54, 1.807) is 0 Å². The molecule has 1 aromatic heterocycles. The third-order valence-corrected chi connectivity index (χ3v) is 1.54. The van der Waals surface area contributed by atoms with Gasteiger partial charge in [0, 0.05) is 6.20 Å². The number of hydrogen-bond donors (Lipinski definition) is 0. The SMILES string of the molecule is COC(=O)c1ccc([B-](F)(F)F)nc1. The first-order chi connectivity index (χ1) is 6.45. The average molecular weight is 204 g/mol. The van der Waals surface area contributed by atoms with Crippen molar-refractivity contribution < 1.29 is 22.5 Å². The van der Waals surface area contributed by atoms with Crippen molar-refractivity contribution >= 4 is 18.5 Å². The average Bonchev–Trinajstić information content (AvgIpc) is 2.15. The Labute approximate surface area is 78.0 Å². The summed E-state index contributed by atoms with van der Waals surface area (Å²) in [7, 11) is 1.14. The molecule has 7 heteroatoms. The largest absolute Gasteiger partial charge is 0.527 e. The summed E-state index contributed by atoms with van der Waals surface area (Å²) in [5.41, 5.74) is -0.978. The lowest BCUT2D eigenvalue weighted by Crippen LogP contribution is -2.36. The van der Waals surface area contributed by atoms with Gasteiger partial charge in [0.05, 0.1) is 12.7 Å². The lowest BCUT2D eigenvalue weighted by molar-refractivity contribution is 0.0600. The minimum atomic E-state index is -5.11. The van der Waals surface area contributed by atoms with Crippen LogP contribution >= 0.6 is 0 Å². The normalized spacial score (nSPS) is 11.1. The number of carbonyl (C=O) groups excluding carboxylic acids is 1. The first-order valence-corrected chi connectivity index (χ1v) is 3.69. The number of carbonyl (C=O) groups is 1. The summed E-state index contributed by atoms with van der Waals surface area (Å²) in [4.78, 5) is 14.0. The Morgan fingerprint density at radius 3 is 2.43 bits per heavy atom. The van der Waals surface area contributed by atoms with Crippen LogP contribution in [0.4, 0.5) is 12.9 Å². The number of rotatable bonds is 2. The molecule has 0 aliphatic carbocycles. The summed E-state index contributed by atoms with van der Waals surface area (Å²) in [6.07, 6.45) is 0.844. The molecular formula is C7H6BF3NO2-. The van der Waals surface area contributed by atoms with Gasteiger partial charge in [-0.15, -0.1) is 0 Å². The van der Waals surface area contributed by atoms with E-state index in [9.17, 15) is 17.7 Å². The van der Waals surface area contributed by atoms with Crippen LogP contribution in [0.3, 0.4) is 0 Å². The number of hydrogen-bond acceptors (Lipinski definition) is 3. The van der Waals surface area contributed by atoms with Crippen LogP contribution in [0, 0.1) is 0 Å². The van der Waals surface area contributed by atoms with E-state index in [4.69, 9.17) is 0 Å². The number of halogens is 3. The monoisotopic (exact) mass is 204 g/mol. The van der Waals surface area contributed by atoms with Crippen LogP contribution in [-0.4, -0.2) is 25.0 Å².